The Hall–Kier alpha value is -1.81. The van der Waals surface area contributed by atoms with Crippen LogP contribution in [0.25, 0.3) is 0 Å². The topological polar surface area (TPSA) is 42.2 Å². The van der Waals surface area contributed by atoms with Gasteiger partial charge in [0.05, 0.1) is 23.7 Å². The molecule has 0 radical (unpaired) electrons. The molecule has 1 saturated carbocycles. The van der Waals surface area contributed by atoms with Gasteiger partial charge in [-0.1, -0.05) is 0 Å². The maximum Gasteiger partial charge on any atom is 0.416 e. The molecule has 3 aliphatic rings. The first-order valence-electron chi connectivity index (χ1n) is 6.32. The van der Waals surface area contributed by atoms with Gasteiger partial charge in [0.2, 0.25) is 0 Å². The molecular formula is C14H11F4NO2. The summed E-state index contributed by atoms with van der Waals surface area (Å²) < 4.78 is 61.9. The van der Waals surface area contributed by atoms with Gasteiger partial charge in [0.25, 0.3) is 0 Å². The molecular weight excluding hydrogens is 290 g/mol. The smallest absolute Gasteiger partial charge is 0.416 e. The second-order valence-electron chi connectivity index (χ2n) is 5.65. The third-order valence-corrected chi connectivity index (χ3v) is 3.96. The Labute approximate surface area is 118 Å². The Morgan fingerprint density at radius 1 is 1.33 bits per heavy atom. The van der Waals surface area contributed by atoms with E-state index >= 15 is 0 Å². The van der Waals surface area contributed by atoms with E-state index in [-0.39, 0.29) is 13.2 Å². The maximum atomic E-state index is 13.5. The van der Waals surface area contributed by atoms with Crippen LogP contribution in [-0.2, 0) is 10.9 Å². The number of alkyl halides is 3. The lowest BCUT2D eigenvalue weighted by molar-refractivity contribution is -0.137. The molecule has 0 unspecified atom stereocenters. The van der Waals surface area contributed by atoms with Crippen LogP contribution in [0.5, 0.6) is 5.75 Å². The lowest BCUT2D eigenvalue weighted by atomic mass is 9.64. The molecule has 2 aliphatic heterocycles. The van der Waals surface area contributed by atoms with Crippen molar-refractivity contribution in [1.29, 1.82) is 5.26 Å². The van der Waals surface area contributed by atoms with Gasteiger partial charge in [-0.25, -0.2) is 4.39 Å². The van der Waals surface area contributed by atoms with E-state index in [9.17, 15) is 17.6 Å². The van der Waals surface area contributed by atoms with E-state index in [0.717, 1.165) is 6.07 Å². The number of nitrogens with zero attached hydrogens (tertiary/aromatic N) is 1. The van der Waals surface area contributed by atoms with Gasteiger partial charge in [-0.05, 0) is 18.2 Å². The molecule has 0 aromatic heterocycles. The lowest BCUT2D eigenvalue weighted by Gasteiger charge is -2.39. The molecule has 3 nitrogen and oxygen atoms in total. The molecule has 4 rings (SSSR count). The van der Waals surface area contributed by atoms with Crippen LogP contribution >= 0.6 is 0 Å². The Morgan fingerprint density at radius 3 is 2.62 bits per heavy atom. The highest BCUT2D eigenvalue weighted by Gasteiger charge is 2.63. The predicted molar refractivity (Wildman–Crippen MR) is 62.9 cm³/mol. The minimum absolute atomic E-state index is 0.0609. The summed E-state index contributed by atoms with van der Waals surface area (Å²) in [6.07, 6.45) is -3.62. The Balaban J connectivity index is 1.71. The highest BCUT2D eigenvalue weighted by atomic mass is 19.4. The Bertz CT molecular complexity index is 614. The van der Waals surface area contributed by atoms with E-state index in [4.69, 9.17) is 14.7 Å². The zero-order valence-electron chi connectivity index (χ0n) is 10.8. The number of rotatable bonds is 3. The number of nitriles is 1. The van der Waals surface area contributed by atoms with Crippen molar-refractivity contribution in [3.05, 3.63) is 29.6 Å². The number of hydrogen-bond donors (Lipinski definition) is 0. The van der Waals surface area contributed by atoms with Gasteiger partial charge in [0.15, 0.2) is 11.6 Å². The molecule has 7 heteroatoms. The SMILES string of the molecule is N#CC12COC(COc3cc(C(F)(F)F)ccc3F)(C1)C2. The van der Waals surface area contributed by atoms with Crippen molar-refractivity contribution in [3.63, 3.8) is 0 Å². The van der Waals surface area contributed by atoms with Gasteiger partial charge in [0, 0.05) is 12.8 Å². The van der Waals surface area contributed by atoms with Crippen molar-refractivity contribution in [3.8, 4) is 11.8 Å². The van der Waals surface area contributed by atoms with Crippen LogP contribution in [0.2, 0.25) is 0 Å². The van der Waals surface area contributed by atoms with Crippen LogP contribution in [0.4, 0.5) is 17.6 Å². The molecule has 1 aromatic carbocycles. The fourth-order valence-corrected chi connectivity index (χ4v) is 2.93. The fourth-order valence-electron chi connectivity index (χ4n) is 2.93. The average molecular weight is 301 g/mol. The molecule has 0 spiro atoms. The number of benzene rings is 1. The summed E-state index contributed by atoms with van der Waals surface area (Å²) in [4.78, 5) is 0. The first-order valence-corrected chi connectivity index (χ1v) is 6.32. The summed E-state index contributed by atoms with van der Waals surface area (Å²) in [5, 5.41) is 8.98. The zero-order chi connectivity index (χ0) is 15.3. The maximum absolute atomic E-state index is 13.5. The van der Waals surface area contributed by atoms with Gasteiger partial charge >= 0.3 is 6.18 Å². The minimum atomic E-state index is -4.56. The average Bonchev–Trinajstić information content (AvgIpc) is 2.92. The van der Waals surface area contributed by atoms with Crippen molar-refractivity contribution >= 4 is 0 Å². The van der Waals surface area contributed by atoms with Gasteiger partial charge in [-0.15, -0.1) is 0 Å². The largest absolute Gasteiger partial charge is 0.487 e. The summed E-state index contributed by atoms with van der Waals surface area (Å²) in [5.74, 6) is -1.31. The van der Waals surface area contributed by atoms with Crippen LogP contribution in [0, 0.1) is 22.6 Å². The van der Waals surface area contributed by atoms with Gasteiger partial charge in [-0.3, -0.25) is 0 Å². The summed E-state index contributed by atoms with van der Waals surface area (Å²) in [6.45, 7) is 0.229. The number of ether oxygens (including phenoxy) is 2. The zero-order valence-corrected chi connectivity index (χ0v) is 10.8. The molecule has 1 aliphatic carbocycles. The molecule has 2 heterocycles. The van der Waals surface area contributed by atoms with Crippen molar-refractivity contribution in [2.45, 2.75) is 24.6 Å². The molecule has 112 valence electrons. The van der Waals surface area contributed by atoms with Crippen molar-refractivity contribution < 1.29 is 27.0 Å². The third kappa shape index (κ3) is 2.33. The molecule has 21 heavy (non-hydrogen) atoms. The standard InChI is InChI=1S/C14H11F4NO2/c15-10-2-1-9(14(16,17)18)3-11(10)20-8-13-4-12(5-13,6-19)7-21-13/h1-3H,4-5,7-8H2. The molecule has 3 fully saturated rings. The van der Waals surface area contributed by atoms with Gasteiger partial charge in [0.1, 0.15) is 12.2 Å². The Kier molecular flexibility index (Phi) is 2.92. The molecule has 1 aromatic rings. The number of hydrogen-bond acceptors (Lipinski definition) is 3. The van der Waals surface area contributed by atoms with E-state index in [0.29, 0.717) is 25.0 Å². The van der Waals surface area contributed by atoms with E-state index < -0.39 is 34.3 Å². The second kappa shape index (κ2) is 4.34. The molecule has 0 amide bonds. The monoisotopic (exact) mass is 301 g/mol. The van der Waals surface area contributed by atoms with E-state index in [1.54, 1.807) is 0 Å². The molecule has 0 atom stereocenters. The third-order valence-electron chi connectivity index (χ3n) is 3.96. The second-order valence-corrected chi connectivity index (χ2v) is 5.65. The number of halogens is 4. The fraction of sp³-hybridized carbons (Fsp3) is 0.500. The first kappa shape index (κ1) is 14.1. The molecule has 0 N–H and O–H groups in total. The van der Waals surface area contributed by atoms with Crippen LogP contribution in [0.3, 0.4) is 0 Å². The number of fused-ring (bicyclic) bond motifs is 1. The highest BCUT2D eigenvalue weighted by Crippen LogP contribution is 2.57. The van der Waals surface area contributed by atoms with Crippen molar-refractivity contribution in [2.75, 3.05) is 13.2 Å². The summed E-state index contributed by atoms with van der Waals surface area (Å²) in [7, 11) is 0. The van der Waals surface area contributed by atoms with Crippen molar-refractivity contribution in [1.82, 2.24) is 0 Å². The quantitative estimate of drug-likeness (QED) is 0.804. The molecule has 2 bridgehead atoms. The Morgan fingerprint density at radius 2 is 2.05 bits per heavy atom. The van der Waals surface area contributed by atoms with Crippen LogP contribution < -0.4 is 4.74 Å². The van der Waals surface area contributed by atoms with Crippen LogP contribution in [0.1, 0.15) is 18.4 Å². The molecule has 2 saturated heterocycles. The van der Waals surface area contributed by atoms with E-state index in [1.807, 2.05) is 0 Å². The summed E-state index contributed by atoms with van der Waals surface area (Å²) >= 11 is 0. The summed E-state index contributed by atoms with van der Waals surface area (Å²) in [6, 6.07) is 4.19. The van der Waals surface area contributed by atoms with E-state index in [1.165, 1.54) is 0 Å². The minimum Gasteiger partial charge on any atom is -0.487 e. The predicted octanol–water partition coefficient (Wildman–Crippen LogP) is 3.30. The first-order chi connectivity index (χ1) is 9.78. The van der Waals surface area contributed by atoms with Gasteiger partial charge in [-0.2, -0.15) is 18.4 Å². The summed E-state index contributed by atoms with van der Waals surface area (Å²) in [5.41, 5.74) is -2.14. The van der Waals surface area contributed by atoms with Crippen LogP contribution in [0.15, 0.2) is 18.2 Å². The highest BCUT2D eigenvalue weighted by molar-refractivity contribution is 5.32. The lowest BCUT2D eigenvalue weighted by Crippen LogP contribution is -2.47. The van der Waals surface area contributed by atoms with E-state index in [2.05, 4.69) is 6.07 Å². The van der Waals surface area contributed by atoms with Crippen LogP contribution in [-0.4, -0.2) is 18.8 Å². The normalized spacial score (nSPS) is 30.6. The van der Waals surface area contributed by atoms with Crippen molar-refractivity contribution in [2.24, 2.45) is 5.41 Å². The van der Waals surface area contributed by atoms with Gasteiger partial charge < -0.3 is 9.47 Å².